The lowest BCUT2D eigenvalue weighted by atomic mass is 9.83. The first-order valence-electron chi connectivity index (χ1n) is 10.1. The van der Waals surface area contributed by atoms with Crippen molar-refractivity contribution in [2.45, 2.75) is 72.5 Å². The Morgan fingerprint density at radius 1 is 1.15 bits per heavy atom. The van der Waals surface area contributed by atoms with Gasteiger partial charge in [0.25, 0.3) is 0 Å². The molecule has 0 unspecified atom stereocenters. The molecule has 1 fully saturated rings. The second kappa shape index (κ2) is 10.8. The van der Waals surface area contributed by atoms with E-state index in [-0.39, 0.29) is 48.1 Å². The molecule has 0 bridgehead atoms. The summed E-state index contributed by atoms with van der Waals surface area (Å²) in [6.07, 6.45) is 1.66. The molecule has 27 heavy (non-hydrogen) atoms. The number of Topliss-reactive ketones (excluding diaryl/α,β-unsaturated/α-hetero) is 1. The van der Waals surface area contributed by atoms with Gasteiger partial charge in [-0.05, 0) is 52.1 Å². The number of ether oxygens (including phenoxy) is 2. The number of rotatable bonds is 4. The molecule has 0 N–H and O–H groups in total. The predicted octanol–water partition coefficient (Wildman–Crippen LogP) is 3.08. The van der Waals surface area contributed by atoms with Gasteiger partial charge < -0.3 is 9.47 Å². The molecule has 0 aromatic heterocycles. The van der Waals surface area contributed by atoms with Gasteiger partial charge in [0.05, 0.1) is 12.5 Å². The number of hydrogen-bond acceptors (Lipinski definition) is 6. The van der Waals surface area contributed by atoms with Crippen molar-refractivity contribution in [1.29, 1.82) is 0 Å². The highest BCUT2D eigenvalue weighted by Gasteiger charge is 2.36. The first-order valence-corrected chi connectivity index (χ1v) is 10.1. The third-order valence-corrected chi connectivity index (χ3v) is 5.56. The number of hydrogen-bond donors (Lipinski definition) is 0. The maximum Gasteiger partial charge on any atom is 0.320 e. The van der Waals surface area contributed by atoms with Gasteiger partial charge in [-0.3, -0.25) is 19.3 Å². The summed E-state index contributed by atoms with van der Waals surface area (Å²) in [6, 6.07) is 0. The lowest BCUT2D eigenvalue weighted by Crippen LogP contribution is -2.41. The van der Waals surface area contributed by atoms with Crippen LogP contribution in [0.2, 0.25) is 0 Å². The van der Waals surface area contributed by atoms with E-state index in [9.17, 15) is 14.4 Å². The molecule has 1 aliphatic heterocycles. The summed E-state index contributed by atoms with van der Waals surface area (Å²) >= 11 is 0. The van der Waals surface area contributed by atoms with E-state index in [1.807, 2.05) is 27.7 Å². The fraction of sp³-hybridized carbons (Fsp3) is 0.857. The lowest BCUT2D eigenvalue weighted by molar-refractivity contribution is -0.170. The first kappa shape index (κ1) is 23.6. The van der Waals surface area contributed by atoms with Crippen molar-refractivity contribution >= 4 is 17.7 Å². The van der Waals surface area contributed by atoms with Crippen LogP contribution in [0.4, 0.5) is 0 Å². The van der Waals surface area contributed by atoms with Crippen molar-refractivity contribution in [1.82, 2.24) is 4.90 Å². The Labute approximate surface area is 164 Å². The first-order chi connectivity index (χ1) is 12.6. The third kappa shape index (κ3) is 7.24. The van der Waals surface area contributed by atoms with Crippen LogP contribution in [-0.2, 0) is 23.9 Å². The molecular weight excluding hydrogens is 346 g/mol. The highest BCUT2D eigenvalue weighted by molar-refractivity contribution is 5.80. The van der Waals surface area contributed by atoms with Gasteiger partial charge in [-0.2, -0.15) is 0 Å². The summed E-state index contributed by atoms with van der Waals surface area (Å²) in [5, 5.41) is 0. The van der Waals surface area contributed by atoms with Crippen molar-refractivity contribution in [3.63, 3.8) is 0 Å². The molecular formula is C21H37NO5. The maximum absolute atomic E-state index is 12.8. The fourth-order valence-electron chi connectivity index (χ4n) is 3.78. The topological polar surface area (TPSA) is 72.9 Å². The van der Waals surface area contributed by atoms with Crippen molar-refractivity contribution in [2.75, 3.05) is 20.6 Å². The van der Waals surface area contributed by atoms with E-state index in [0.717, 1.165) is 6.42 Å². The summed E-state index contributed by atoms with van der Waals surface area (Å²) in [7, 11) is 3.58. The summed E-state index contributed by atoms with van der Waals surface area (Å²) in [5.41, 5.74) is 0. The summed E-state index contributed by atoms with van der Waals surface area (Å²) in [5.74, 6) is -1.17. The lowest BCUT2D eigenvalue weighted by Gasteiger charge is -2.33. The number of nitrogens with zero attached hydrogens (tertiary/aromatic N) is 1. The number of cyclic esters (lactones) is 1. The zero-order chi connectivity index (χ0) is 20.7. The van der Waals surface area contributed by atoms with Crippen molar-refractivity contribution < 1.29 is 23.9 Å². The number of likely N-dealkylation sites (N-methyl/N-ethyl adjacent to an activating group) is 1. The Kier molecular flexibility index (Phi) is 9.43. The molecule has 156 valence electrons. The van der Waals surface area contributed by atoms with Crippen LogP contribution < -0.4 is 0 Å². The zero-order valence-electron chi connectivity index (χ0n) is 18.0. The fourth-order valence-corrected chi connectivity index (χ4v) is 3.78. The average molecular weight is 384 g/mol. The molecule has 0 aromatic rings. The zero-order valence-corrected chi connectivity index (χ0v) is 18.0. The number of carbonyl (C=O) groups excluding carboxylic acids is 3. The molecule has 0 amide bonds. The second-order valence-electron chi connectivity index (χ2n) is 8.46. The van der Waals surface area contributed by atoms with Crippen molar-refractivity contribution in [3.8, 4) is 0 Å². The number of carbonyl (C=O) groups is 3. The van der Waals surface area contributed by atoms with E-state index in [1.165, 1.54) is 0 Å². The summed E-state index contributed by atoms with van der Waals surface area (Å²) in [4.78, 5) is 39.2. The van der Waals surface area contributed by atoms with Gasteiger partial charge in [0.2, 0.25) is 0 Å². The van der Waals surface area contributed by atoms with Crippen molar-refractivity contribution in [3.05, 3.63) is 0 Å². The van der Waals surface area contributed by atoms with Gasteiger partial charge in [0, 0.05) is 12.3 Å². The van der Waals surface area contributed by atoms with Crippen LogP contribution in [-0.4, -0.2) is 55.5 Å². The largest absolute Gasteiger partial charge is 0.462 e. The van der Waals surface area contributed by atoms with Crippen LogP contribution in [0, 0.1) is 23.7 Å². The molecule has 1 heterocycles. The Bertz CT molecular complexity index is 519. The summed E-state index contributed by atoms with van der Waals surface area (Å²) < 4.78 is 11.4. The Morgan fingerprint density at radius 3 is 2.33 bits per heavy atom. The van der Waals surface area contributed by atoms with Crippen LogP contribution in [0.15, 0.2) is 0 Å². The molecule has 0 spiro atoms. The van der Waals surface area contributed by atoms with Gasteiger partial charge in [0.15, 0.2) is 0 Å². The van der Waals surface area contributed by atoms with Gasteiger partial charge in [0.1, 0.15) is 18.0 Å². The molecule has 0 radical (unpaired) electrons. The highest BCUT2D eigenvalue weighted by atomic mass is 16.6. The Morgan fingerprint density at radius 2 is 1.78 bits per heavy atom. The normalized spacial score (nSPS) is 33.8. The molecule has 0 aromatic carbocycles. The van der Waals surface area contributed by atoms with E-state index in [0.29, 0.717) is 19.3 Å². The van der Waals surface area contributed by atoms with E-state index in [2.05, 4.69) is 0 Å². The molecule has 1 rings (SSSR count). The third-order valence-electron chi connectivity index (χ3n) is 5.56. The minimum Gasteiger partial charge on any atom is -0.462 e. The molecule has 6 nitrogen and oxygen atoms in total. The Hall–Kier alpha value is -1.43. The SMILES string of the molecule is CC[C@H]1OC(=O)[C@H](C)[C@@H](OC(=O)CN(C)C)[C@@H](C)C[C@@H](C)C(=O)CC[C@H]1C. The molecule has 1 saturated heterocycles. The number of esters is 2. The van der Waals surface area contributed by atoms with E-state index in [4.69, 9.17) is 9.47 Å². The smallest absolute Gasteiger partial charge is 0.320 e. The van der Waals surface area contributed by atoms with Gasteiger partial charge in [-0.25, -0.2) is 0 Å². The molecule has 0 aliphatic carbocycles. The van der Waals surface area contributed by atoms with E-state index in [1.54, 1.807) is 25.9 Å². The van der Waals surface area contributed by atoms with Crippen LogP contribution in [0.3, 0.4) is 0 Å². The average Bonchev–Trinajstić information content (AvgIpc) is 2.59. The van der Waals surface area contributed by atoms with Crippen LogP contribution >= 0.6 is 0 Å². The molecule has 1 aliphatic rings. The monoisotopic (exact) mass is 383 g/mol. The Balaban J connectivity index is 3.08. The highest BCUT2D eigenvalue weighted by Crippen LogP contribution is 2.29. The van der Waals surface area contributed by atoms with Crippen LogP contribution in [0.5, 0.6) is 0 Å². The van der Waals surface area contributed by atoms with Gasteiger partial charge >= 0.3 is 11.9 Å². The molecule has 0 saturated carbocycles. The van der Waals surface area contributed by atoms with Crippen LogP contribution in [0.1, 0.15) is 60.3 Å². The molecule has 6 heteroatoms. The standard InChI is InChI=1S/C21H37NO5/c1-8-18-13(2)9-10-17(23)14(3)11-15(4)20(16(5)21(25)26-18)27-19(24)12-22(6)7/h13-16,18,20H,8-12H2,1-7H3/t13-,14-,15+,16-,18-,20+/m1/s1. The van der Waals surface area contributed by atoms with E-state index < -0.39 is 12.0 Å². The maximum atomic E-state index is 12.8. The predicted molar refractivity (Wildman–Crippen MR) is 104 cm³/mol. The quantitative estimate of drug-likeness (QED) is 0.695. The van der Waals surface area contributed by atoms with Gasteiger partial charge in [-0.15, -0.1) is 0 Å². The molecule has 6 atom stereocenters. The minimum absolute atomic E-state index is 0.116. The number of ketones is 1. The van der Waals surface area contributed by atoms with E-state index >= 15 is 0 Å². The van der Waals surface area contributed by atoms with Gasteiger partial charge in [-0.1, -0.05) is 27.7 Å². The van der Waals surface area contributed by atoms with Crippen LogP contribution in [0.25, 0.3) is 0 Å². The van der Waals surface area contributed by atoms with Crippen molar-refractivity contribution in [2.24, 2.45) is 23.7 Å². The second-order valence-corrected chi connectivity index (χ2v) is 8.46. The minimum atomic E-state index is -0.604. The summed E-state index contributed by atoms with van der Waals surface area (Å²) in [6.45, 7) is 9.76.